The molecule has 9 heteroatoms. The summed E-state index contributed by atoms with van der Waals surface area (Å²) < 4.78 is 13.4. The van der Waals surface area contributed by atoms with Crippen molar-refractivity contribution in [3.05, 3.63) is 30.1 Å². The number of carbonyl (C=O) groups excluding carboxylic acids is 2. The fraction of sp³-hybridized carbons (Fsp3) is 0.526. The van der Waals surface area contributed by atoms with Crippen LogP contribution in [0.5, 0.6) is 0 Å². The summed E-state index contributed by atoms with van der Waals surface area (Å²) in [6.07, 6.45) is 1.40. The zero-order chi connectivity index (χ0) is 20.3. The van der Waals surface area contributed by atoms with Crippen molar-refractivity contribution < 1.29 is 23.9 Å². The second-order valence-corrected chi connectivity index (χ2v) is 7.18. The number of likely N-dealkylation sites (N-methyl/N-ethyl adjacent to an activating group) is 1. The number of urea groups is 1. The van der Waals surface area contributed by atoms with Crippen molar-refractivity contribution >= 4 is 23.6 Å². The monoisotopic (exact) mass is 392 g/mol. The molecule has 1 aromatic carbocycles. The molecule has 0 bridgehead atoms. The average molecular weight is 392 g/mol. The molecule has 0 spiro atoms. The molecule has 2 N–H and O–H groups in total. The summed E-state index contributed by atoms with van der Waals surface area (Å²) in [5.41, 5.74) is 0.491. The first-order chi connectivity index (χ1) is 13.4. The molecular formula is C19H25FN4O4. The summed E-state index contributed by atoms with van der Waals surface area (Å²) in [5.74, 6) is -1.52. The van der Waals surface area contributed by atoms with Gasteiger partial charge in [-0.05, 0) is 37.6 Å². The number of halogens is 1. The molecule has 1 aromatic rings. The standard InChI is InChI=1S/C19H25FN4O4/c1-2-22(12-18(26)27)16-9-14(10-16)21-19(28)23-6-7-24(17(25)11-23)15-5-3-4-13(20)8-15/h3-5,8,14,16H,2,6-7,9-12H2,1H3,(H,21,28)(H,26,27). The molecule has 2 fully saturated rings. The van der Waals surface area contributed by atoms with Crippen molar-refractivity contribution in [3.63, 3.8) is 0 Å². The Morgan fingerprint density at radius 3 is 2.68 bits per heavy atom. The summed E-state index contributed by atoms with van der Waals surface area (Å²) in [5, 5.41) is 11.8. The molecule has 1 heterocycles. The van der Waals surface area contributed by atoms with Gasteiger partial charge in [-0.3, -0.25) is 14.5 Å². The van der Waals surface area contributed by atoms with E-state index in [-0.39, 0.29) is 37.1 Å². The summed E-state index contributed by atoms with van der Waals surface area (Å²) in [6.45, 7) is 3.18. The molecule has 28 heavy (non-hydrogen) atoms. The van der Waals surface area contributed by atoms with Crippen LogP contribution in [0.3, 0.4) is 0 Å². The zero-order valence-corrected chi connectivity index (χ0v) is 15.8. The van der Waals surface area contributed by atoms with Gasteiger partial charge in [-0.1, -0.05) is 13.0 Å². The van der Waals surface area contributed by atoms with E-state index in [2.05, 4.69) is 5.32 Å². The Morgan fingerprint density at radius 2 is 2.07 bits per heavy atom. The number of carboxylic acid groups (broad SMARTS) is 1. The van der Waals surface area contributed by atoms with Crippen LogP contribution in [-0.2, 0) is 9.59 Å². The number of anilines is 1. The van der Waals surface area contributed by atoms with Gasteiger partial charge >= 0.3 is 12.0 Å². The molecule has 8 nitrogen and oxygen atoms in total. The van der Waals surface area contributed by atoms with Crippen molar-refractivity contribution in [3.8, 4) is 0 Å². The minimum absolute atomic E-state index is 0.00161. The molecule has 2 aliphatic rings. The van der Waals surface area contributed by atoms with Crippen LogP contribution in [0.2, 0.25) is 0 Å². The number of benzene rings is 1. The lowest BCUT2D eigenvalue weighted by Gasteiger charge is -2.43. The number of amides is 3. The SMILES string of the molecule is CCN(CC(=O)O)C1CC(NC(=O)N2CCN(c3cccc(F)c3)C(=O)C2)C1. The third-order valence-electron chi connectivity index (χ3n) is 5.33. The van der Waals surface area contributed by atoms with Crippen LogP contribution in [0.15, 0.2) is 24.3 Å². The first-order valence-corrected chi connectivity index (χ1v) is 9.44. The molecule has 0 radical (unpaired) electrons. The minimum Gasteiger partial charge on any atom is -0.480 e. The normalized spacial score (nSPS) is 22.2. The predicted octanol–water partition coefficient (Wildman–Crippen LogP) is 1.12. The maximum Gasteiger partial charge on any atom is 0.318 e. The van der Waals surface area contributed by atoms with E-state index in [1.54, 1.807) is 12.1 Å². The molecule has 1 saturated carbocycles. The smallest absolute Gasteiger partial charge is 0.318 e. The number of aliphatic carboxylic acids is 1. The summed E-state index contributed by atoms with van der Waals surface area (Å²) >= 11 is 0. The maximum atomic E-state index is 13.4. The molecule has 3 amide bonds. The van der Waals surface area contributed by atoms with Gasteiger partial charge in [0.15, 0.2) is 0 Å². The number of rotatable bonds is 6. The van der Waals surface area contributed by atoms with Crippen LogP contribution in [-0.4, -0.2) is 77.6 Å². The third-order valence-corrected chi connectivity index (χ3v) is 5.33. The summed E-state index contributed by atoms with van der Waals surface area (Å²) in [6, 6.07) is 5.68. The van der Waals surface area contributed by atoms with Crippen LogP contribution < -0.4 is 10.2 Å². The van der Waals surface area contributed by atoms with E-state index in [0.717, 1.165) is 0 Å². The molecular weight excluding hydrogens is 367 g/mol. The van der Waals surface area contributed by atoms with Crippen molar-refractivity contribution in [1.29, 1.82) is 0 Å². The topological polar surface area (TPSA) is 93.2 Å². The largest absolute Gasteiger partial charge is 0.480 e. The minimum atomic E-state index is -0.857. The van der Waals surface area contributed by atoms with E-state index in [4.69, 9.17) is 5.11 Å². The van der Waals surface area contributed by atoms with E-state index in [1.165, 1.54) is 21.9 Å². The van der Waals surface area contributed by atoms with Gasteiger partial charge in [-0.25, -0.2) is 9.18 Å². The first-order valence-electron chi connectivity index (χ1n) is 9.44. The van der Waals surface area contributed by atoms with Gasteiger partial charge in [0.1, 0.15) is 12.4 Å². The zero-order valence-electron chi connectivity index (χ0n) is 15.8. The van der Waals surface area contributed by atoms with E-state index in [0.29, 0.717) is 38.2 Å². The Hall–Kier alpha value is -2.68. The third kappa shape index (κ3) is 4.59. The van der Waals surface area contributed by atoms with Crippen molar-refractivity contribution in [2.75, 3.05) is 37.6 Å². The Morgan fingerprint density at radius 1 is 1.32 bits per heavy atom. The fourth-order valence-corrected chi connectivity index (χ4v) is 3.71. The van der Waals surface area contributed by atoms with Crippen LogP contribution in [0.1, 0.15) is 19.8 Å². The highest BCUT2D eigenvalue weighted by Gasteiger charge is 2.36. The quantitative estimate of drug-likeness (QED) is 0.757. The number of nitrogens with zero attached hydrogens (tertiary/aromatic N) is 3. The Labute approximate surface area is 162 Å². The number of hydrogen-bond donors (Lipinski definition) is 2. The highest BCUT2D eigenvalue weighted by Crippen LogP contribution is 2.26. The fourth-order valence-electron chi connectivity index (χ4n) is 3.71. The summed E-state index contributed by atoms with van der Waals surface area (Å²) in [4.78, 5) is 40.5. The molecule has 0 atom stereocenters. The molecule has 1 aliphatic heterocycles. The van der Waals surface area contributed by atoms with E-state index in [9.17, 15) is 18.8 Å². The molecule has 1 aliphatic carbocycles. The second-order valence-electron chi connectivity index (χ2n) is 7.18. The van der Waals surface area contributed by atoms with Crippen molar-refractivity contribution in [1.82, 2.24) is 15.1 Å². The van der Waals surface area contributed by atoms with Gasteiger partial charge in [0.05, 0.1) is 6.54 Å². The lowest BCUT2D eigenvalue weighted by Crippen LogP contribution is -2.60. The number of piperazine rings is 1. The van der Waals surface area contributed by atoms with Crippen LogP contribution >= 0.6 is 0 Å². The van der Waals surface area contributed by atoms with Crippen LogP contribution in [0, 0.1) is 5.82 Å². The molecule has 0 aromatic heterocycles. The predicted molar refractivity (Wildman–Crippen MR) is 101 cm³/mol. The van der Waals surface area contributed by atoms with Crippen LogP contribution in [0.4, 0.5) is 14.9 Å². The first kappa shape index (κ1) is 20.1. The van der Waals surface area contributed by atoms with Crippen molar-refractivity contribution in [2.24, 2.45) is 0 Å². The van der Waals surface area contributed by atoms with Gasteiger partial charge in [0.2, 0.25) is 5.91 Å². The van der Waals surface area contributed by atoms with E-state index >= 15 is 0 Å². The van der Waals surface area contributed by atoms with Gasteiger partial charge in [0.25, 0.3) is 0 Å². The molecule has 0 unspecified atom stereocenters. The Balaban J connectivity index is 1.47. The van der Waals surface area contributed by atoms with E-state index in [1.807, 2.05) is 11.8 Å². The van der Waals surface area contributed by atoms with Crippen molar-refractivity contribution in [2.45, 2.75) is 31.8 Å². The number of nitrogens with one attached hydrogen (secondary N) is 1. The number of carboxylic acids is 1. The highest BCUT2D eigenvalue weighted by molar-refractivity contribution is 5.97. The van der Waals surface area contributed by atoms with Gasteiger partial charge in [0, 0.05) is 30.9 Å². The number of hydrogen-bond acceptors (Lipinski definition) is 4. The Kier molecular flexibility index (Phi) is 6.13. The van der Waals surface area contributed by atoms with Crippen LogP contribution in [0.25, 0.3) is 0 Å². The van der Waals surface area contributed by atoms with Gasteiger partial charge in [-0.2, -0.15) is 0 Å². The number of carbonyl (C=O) groups is 3. The molecule has 152 valence electrons. The highest BCUT2D eigenvalue weighted by atomic mass is 19.1. The lowest BCUT2D eigenvalue weighted by atomic mass is 9.85. The van der Waals surface area contributed by atoms with Gasteiger partial charge < -0.3 is 20.2 Å². The second kappa shape index (κ2) is 8.55. The Bertz CT molecular complexity index is 753. The van der Waals surface area contributed by atoms with E-state index < -0.39 is 11.8 Å². The molecule has 3 rings (SSSR count). The van der Waals surface area contributed by atoms with Gasteiger partial charge in [-0.15, -0.1) is 0 Å². The lowest BCUT2D eigenvalue weighted by molar-refractivity contribution is -0.139. The maximum absolute atomic E-state index is 13.4. The average Bonchev–Trinajstić information content (AvgIpc) is 2.62. The molecule has 1 saturated heterocycles. The summed E-state index contributed by atoms with van der Waals surface area (Å²) in [7, 11) is 0.